The molecule has 0 bridgehead atoms. The molecule has 2 aromatic carbocycles. The number of carbonyl (C=O) groups excluding carboxylic acids is 2. The maximum absolute atomic E-state index is 12.6. The number of amides is 2. The summed E-state index contributed by atoms with van der Waals surface area (Å²) in [5.41, 5.74) is 1.80. The molecule has 0 aliphatic carbocycles. The van der Waals surface area contributed by atoms with Crippen molar-refractivity contribution in [1.82, 2.24) is 4.90 Å². The first-order valence-electron chi connectivity index (χ1n) is 8.82. The molecule has 1 fully saturated rings. The van der Waals surface area contributed by atoms with E-state index in [4.69, 9.17) is 9.47 Å². The molecule has 3 rings (SSSR count). The molecule has 0 radical (unpaired) electrons. The number of benzene rings is 2. The van der Waals surface area contributed by atoms with E-state index >= 15 is 0 Å². The quantitative estimate of drug-likeness (QED) is 0.497. The molecule has 0 atom stereocenters. The molecule has 1 heterocycles. The lowest BCUT2D eigenvalue weighted by molar-refractivity contribution is -0.123. The van der Waals surface area contributed by atoms with Crippen molar-refractivity contribution in [2.24, 2.45) is 0 Å². The average molecular weight is 398 g/mol. The first-order chi connectivity index (χ1) is 13.6. The third-order valence-corrected chi connectivity index (χ3v) is 5.06. The van der Waals surface area contributed by atoms with Gasteiger partial charge in [0.1, 0.15) is 12.4 Å². The molecule has 0 N–H and O–H groups in total. The summed E-state index contributed by atoms with van der Waals surface area (Å²) in [5, 5.41) is -0.254. The molecule has 0 saturated carbocycles. The Labute approximate surface area is 168 Å². The number of ether oxygens (including phenoxy) is 2. The van der Waals surface area contributed by atoms with E-state index in [0.717, 1.165) is 28.8 Å². The molecular formula is C21H22N2O4S. The second kappa shape index (κ2) is 9.43. The van der Waals surface area contributed by atoms with Crippen LogP contribution >= 0.6 is 11.8 Å². The third-order valence-electron chi connectivity index (χ3n) is 4.17. The van der Waals surface area contributed by atoms with Gasteiger partial charge in [0.15, 0.2) is 0 Å². The van der Waals surface area contributed by atoms with Gasteiger partial charge in [0.05, 0.1) is 18.1 Å². The van der Waals surface area contributed by atoms with Crippen molar-refractivity contribution in [2.45, 2.75) is 6.54 Å². The maximum atomic E-state index is 12.6. The molecule has 7 heteroatoms. The van der Waals surface area contributed by atoms with Crippen LogP contribution in [0.5, 0.6) is 5.75 Å². The van der Waals surface area contributed by atoms with E-state index in [-0.39, 0.29) is 17.7 Å². The number of methoxy groups -OCH3 is 1. The van der Waals surface area contributed by atoms with E-state index < -0.39 is 0 Å². The fraction of sp³-hybridized carbons (Fsp3) is 0.238. The first-order valence-corrected chi connectivity index (χ1v) is 9.64. The Kier molecular flexibility index (Phi) is 6.73. The number of anilines is 1. The zero-order valence-corrected chi connectivity index (χ0v) is 16.6. The molecule has 6 nitrogen and oxygen atoms in total. The Morgan fingerprint density at radius 2 is 1.75 bits per heavy atom. The minimum Gasteiger partial charge on any atom is -0.491 e. The van der Waals surface area contributed by atoms with Crippen molar-refractivity contribution in [3.63, 3.8) is 0 Å². The Hall–Kier alpha value is -2.77. The number of rotatable bonds is 8. The van der Waals surface area contributed by atoms with Crippen LogP contribution in [0.25, 0.3) is 0 Å². The van der Waals surface area contributed by atoms with Crippen LogP contribution < -0.4 is 9.64 Å². The summed E-state index contributed by atoms with van der Waals surface area (Å²) >= 11 is 0.959. The summed E-state index contributed by atoms with van der Waals surface area (Å²) in [7, 11) is 3.47. The van der Waals surface area contributed by atoms with Crippen molar-refractivity contribution in [1.29, 1.82) is 0 Å². The Balaban J connectivity index is 1.65. The zero-order chi connectivity index (χ0) is 19.9. The van der Waals surface area contributed by atoms with Gasteiger partial charge >= 0.3 is 0 Å². The van der Waals surface area contributed by atoms with Crippen LogP contribution in [0.15, 0.2) is 65.7 Å². The van der Waals surface area contributed by atoms with E-state index in [9.17, 15) is 9.59 Å². The van der Waals surface area contributed by atoms with Crippen molar-refractivity contribution < 1.29 is 19.1 Å². The van der Waals surface area contributed by atoms with Crippen molar-refractivity contribution >= 4 is 28.6 Å². The molecule has 2 amide bonds. The standard InChI is InChI=1S/C21H22N2O4S/c1-22(17-8-10-18(11-9-17)27-13-12-26-2)15-19-20(24)23(21(25)28-19)14-16-6-4-3-5-7-16/h3-11,15H,12-14H2,1-2H3/b19-15-. The molecular weight excluding hydrogens is 376 g/mol. The van der Waals surface area contributed by atoms with Crippen LogP contribution in [0.2, 0.25) is 0 Å². The van der Waals surface area contributed by atoms with Gasteiger partial charge < -0.3 is 14.4 Å². The van der Waals surface area contributed by atoms with Crippen LogP contribution in [-0.4, -0.2) is 43.4 Å². The van der Waals surface area contributed by atoms with Gasteiger partial charge in [0, 0.05) is 26.0 Å². The third kappa shape index (κ3) is 4.94. The first kappa shape index (κ1) is 20.0. The van der Waals surface area contributed by atoms with E-state index in [0.29, 0.717) is 18.1 Å². The molecule has 0 spiro atoms. The molecule has 1 aliphatic heterocycles. The maximum Gasteiger partial charge on any atom is 0.293 e. The van der Waals surface area contributed by atoms with Crippen molar-refractivity contribution in [3.8, 4) is 5.75 Å². The number of thioether (sulfide) groups is 1. The fourth-order valence-electron chi connectivity index (χ4n) is 2.66. The largest absolute Gasteiger partial charge is 0.491 e. The molecule has 1 saturated heterocycles. The smallest absolute Gasteiger partial charge is 0.293 e. The second-order valence-corrected chi connectivity index (χ2v) is 7.18. The summed E-state index contributed by atoms with van der Waals surface area (Å²) < 4.78 is 10.5. The van der Waals surface area contributed by atoms with Gasteiger partial charge in [-0.3, -0.25) is 14.5 Å². The number of imide groups is 1. The lowest BCUT2D eigenvalue weighted by Gasteiger charge is -2.16. The van der Waals surface area contributed by atoms with Crippen LogP contribution in [0.3, 0.4) is 0 Å². The minimum absolute atomic E-state index is 0.254. The number of nitrogens with zero attached hydrogens (tertiary/aromatic N) is 2. The van der Waals surface area contributed by atoms with Crippen LogP contribution in [0, 0.1) is 0 Å². The Morgan fingerprint density at radius 3 is 2.43 bits per heavy atom. The van der Waals surface area contributed by atoms with Crippen molar-refractivity contribution in [3.05, 3.63) is 71.3 Å². The normalized spacial score (nSPS) is 15.4. The highest BCUT2D eigenvalue weighted by Gasteiger charge is 2.35. The van der Waals surface area contributed by atoms with Gasteiger partial charge in [0.2, 0.25) is 0 Å². The predicted molar refractivity (Wildman–Crippen MR) is 110 cm³/mol. The summed E-state index contributed by atoms with van der Waals surface area (Å²) in [6.07, 6.45) is 1.69. The highest BCUT2D eigenvalue weighted by Crippen LogP contribution is 2.32. The lowest BCUT2D eigenvalue weighted by Crippen LogP contribution is -2.27. The number of carbonyl (C=O) groups is 2. The van der Waals surface area contributed by atoms with E-state index in [2.05, 4.69) is 0 Å². The van der Waals surface area contributed by atoms with E-state index in [1.165, 1.54) is 4.90 Å². The fourth-order valence-corrected chi connectivity index (χ4v) is 3.52. The highest BCUT2D eigenvalue weighted by molar-refractivity contribution is 8.18. The SMILES string of the molecule is COCCOc1ccc(N(C)/C=C2\SC(=O)N(Cc3ccccc3)C2=O)cc1. The molecule has 2 aromatic rings. The summed E-state index contributed by atoms with van der Waals surface area (Å²) in [6.45, 7) is 1.29. The predicted octanol–water partition coefficient (Wildman–Crippen LogP) is 3.89. The highest BCUT2D eigenvalue weighted by atomic mass is 32.2. The molecule has 1 aliphatic rings. The van der Waals surface area contributed by atoms with Gasteiger partial charge in [-0.2, -0.15) is 0 Å². The van der Waals surface area contributed by atoms with Crippen molar-refractivity contribution in [2.75, 3.05) is 32.3 Å². The summed E-state index contributed by atoms with van der Waals surface area (Å²) in [5.74, 6) is 0.475. The van der Waals surface area contributed by atoms with Gasteiger partial charge in [-0.25, -0.2) is 0 Å². The van der Waals surface area contributed by atoms with Gasteiger partial charge in [0.25, 0.3) is 11.1 Å². The molecule has 0 unspecified atom stereocenters. The van der Waals surface area contributed by atoms with Gasteiger partial charge in [-0.05, 0) is 41.6 Å². The lowest BCUT2D eigenvalue weighted by atomic mass is 10.2. The second-order valence-electron chi connectivity index (χ2n) is 6.18. The zero-order valence-electron chi connectivity index (χ0n) is 15.8. The van der Waals surface area contributed by atoms with Crippen LogP contribution in [0.4, 0.5) is 10.5 Å². The van der Waals surface area contributed by atoms with E-state index in [1.807, 2.05) is 66.5 Å². The monoisotopic (exact) mass is 398 g/mol. The van der Waals surface area contributed by atoms with Gasteiger partial charge in [-0.1, -0.05) is 30.3 Å². The topological polar surface area (TPSA) is 59.1 Å². The Bertz CT molecular complexity index is 852. The average Bonchev–Trinajstić information content (AvgIpc) is 2.97. The van der Waals surface area contributed by atoms with Crippen LogP contribution in [-0.2, 0) is 16.1 Å². The Morgan fingerprint density at radius 1 is 1.04 bits per heavy atom. The molecule has 28 heavy (non-hydrogen) atoms. The van der Waals surface area contributed by atoms with Crippen LogP contribution in [0.1, 0.15) is 5.56 Å². The number of hydrogen-bond donors (Lipinski definition) is 0. The molecule has 0 aromatic heterocycles. The van der Waals surface area contributed by atoms with Gasteiger partial charge in [-0.15, -0.1) is 0 Å². The van der Waals surface area contributed by atoms with E-state index in [1.54, 1.807) is 13.3 Å². The summed E-state index contributed by atoms with van der Waals surface area (Å²) in [4.78, 5) is 28.4. The number of hydrogen-bond acceptors (Lipinski definition) is 6. The summed E-state index contributed by atoms with van der Waals surface area (Å²) in [6, 6.07) is 17.0. The molecule has 146 valence electrons. The minimum atomic E-state index is -0.273.